The average molecular weight is 250 g/mol. The number of rotatable bonds is 4. The van der Waals surface area contributed by atoms with Gasteiger partial charge < -0.3 is 14.8 Å². The Hall–Kier alpha value is -0.780. The highest BCUT2D eigenvalue weighted by Crippen LogP contribution is 2.28. The fraction of sp³-hybridized carbons (Fsp3) is 0.444. The van der Waals surface area contributed by atoms with Crippen LogP contribution in [0, 0.1) is 0 Å². The van der Waals surface area contributed by atoms with E-state index in [1.807, 2.05) is 6.07 Å². The van der Waals surface area contributed by atoms with Crippen LogP contribution in [0.4, 0.5) is 4.79 Å². The zero-order valence-corrected chi connectivity index (χ0v) is 10.0. The molecular formula is C9H12ClNO3S. The number of amides is 1. The lowest BCUT2D eigenvalue weighted by molar-refractivity contribution is 0.101. The highest BCUT2D eigenvalue weighted by Gasteiger charge is 2.14. The van der Waals surface area contributed by atoms with E-state index in [1.165, 1.54) is 18.4 Å². The van der Waals surface area contributed by atoms with Gasteiger partial charge in [-0.1, -0.05) is 11.6 Å². The molecule has 0 saturated carbocycles. The minimum atomic E-state index is -0.472. The molecule has 1 unspecified atom stereocenters. The van der Waals surface area contributed by atoms with Crippen molar-refractivity contribution in [2.75, 3.05) is 20.8 Å². The van der Waals surface area contributed by atoms with Gasteiger partial charge in [0.1, 0.15) is 6.10 Å². The number of thiophene rings is 1. The summed E-state index contributed by atoms with van der Waals surface area (Å²) >= 11 is 7.23. The molecule has 1 atom stereocenters. The molecule has 1 heterocycles. The van der Waals surface area contributed by atoms with Gasteiger partial charge in [-0.3, -0.25) is 0 Å². The van der Waals surface area contributed by atoms with Crippen LogP contribution in [0.25, 0.3) is 0 Å². The molecule has 1 amide bonds. The molecule has 6 heteroatoms. The lowest BCUT2D eigenvalue weighted by Crippen LogP contribution is -2.28. The van der Waals surface area contributed by atoms with Gasteiger partial charge in [0.25, 0.3) is 0 Å². The molecule has 1 N–H and O–H groups in total. The molecule has 0 fully saturated rings. The highest BCUT2D eigenvalue weighted by atomic mass is 35.5. The van der Waals surface area contributed by atoms with Crippen molar-refractivity contribution in [1.29, 1.82) is 0 Å². The van der Waals surface area contributed by atoms with Crippen molar-refractivity contribution in [3.05, 3.63) is 21.3 Å². The Bertz CT molecular complexity index is 329. The van der Waals surface area contributed by atoms with Crippen molar-refractivity contribution >= 4 is 29.0 Å². The van der Waals surface area contributed by atoms with Gasteiger partial charge >= 0.3 is 6.09 Å². The van der Waals surface area contributed by atoms with E-state index in [-0.39, 0.29) is 6.10 Å². The Kier molecular flexibility index (Phi) is 4.87. The summed E-state index contributed by atoms with van der Waals surface area (Å²) in [6, 6.07) is 3.67. The van der Waals surface area contributed by atoms with E-state index in [0.717, 1.165) is 4.88 Å². The Morgan fingerprint density at radius 1 is 1.60 bits per heavy atom. The number of alkyl carbamates (subject to hydrolysis) is 1. The maximum atomic E-state index is 10.9. The normalized spacial score (nSPS) is 12.2. The third-order valence-electron chi connectivity index (χ3n) is 1.81. The molecular weight excluding hydrogens is 238 g/mol. The topological polar surface area (TPSA) is 47.6 Å². The lowest BCUT2D eigenvalue weighted by atomic mass is 10.3. The Balaban J connectivity index is 2.53. The van der Waals surface area contributed by atoms with Crippen LogP contribution in [-0.2, 0) is 9.47 Å². The largest absolute Gasteiger partial charge is 0.453 e. The maximum absolute atomic E-state index is 10.9. The molecule has 1 aromatic heterocycles. The predicted octanol–water partition coefficient (Wildman–Crippen LogP) is 2.45. The van der Waals surface area contributed by atoms with Crippen LogP contribution in [0.15, 0.2) is 12.1 Å². The predicted molar refractivity (Wildman–Crippen MR) is 59.5 cm³/mol. The van der Waals surface area contributed by atoms with Crippen molar-refractivity contribution in [2.24, 2.45) is 0 Å². The molecule has 15 heavy (non-hydrogen) atoms. The third kappa shape index (κ3) is 3.70. The number of methoxy groups -OCH3 is 2. The summed E-state index contributed by atoms with van der Waals surface area (Å²) in [4.78, 5) is 11.8. The summed E-state index contributed by atoms with van der Waals surface area (Å²) in [5.74, 6) is 0. The Labute approximate surface area is 97.1 Å². The zero-order valence-electron chi connectivity index (χ0n) is 8.45. The molecule has 0 radical (unpaired) electrons. The molecule has 0 aliphatic rings. The van der Waals surface area contributed by atoms with Gasteiger partial charge in [-0.2, -0.15) is 0 Å². The minimum Gasteiger partial charge on any atom is -0.453 e. The van der Waals surface area contributed by atoms with Crippen LogP contribution >= 0.6 is 22.9 Å². The molecule has 0 saturated heterocycles. The molecule has 1 aromatic rings. The van der Waals surface area contributed by atoms with E-state index in [0.29, 0.717) is 10.9 Å². The monoisotopic (exact) mass is 249 g/mol. The van der Waals surface area contributed by atoms with Crippen LogP contribution in [0.1, 0.15) is 11.0 Å². The smallest absolute Gasteiger partial charge is 0.406 e. The number of ether oxygens (including phenoxy) is 2. The molecule has 84 valence electrons. The van der Waals surface area contributed by atoms with E-state index in [9.17, 15) is 4.79 Å². The molecule has 0 aromatic carbocycles. The molecule has 0 spiro atoms. The number of carbonyl (C=O) groups is 1. The Morgan fingerprint density at radius 2 is 2.33 bits per heavy atom. The summed E-state index contributed by atoms with van der Waals surface area (Å²) in [6.45, 7) is 0.361. The number of hydrogen-bond acceptors (Lipinski definition) is 4. The molecule has 0 aliphatic heterocycles. The van der Waals surface area contributed by atoms with Gasteiger partial charge in [-0.05, 0) is 12.1 Å². The second-order valence-electron chi connectivity index (χ2n) is 2.74. The van der Waals surface area contributed by atoms with E-state index in [1.54, 1.807) is 13.2 Å². The first-order valence-corrected chi connectivity index (χ1v) is 5.46. The summed E-state index contributed by atoms with van der Waals surface area (Å²) in [5.41, 5.74) is 0. The molecule has 0 aliphatic carbocycles. The van der Waals surface area contributed by atoms with Crippen molar-refractivity contribution in [3.63, 3.8) is 0 Å². The summed E-state index contributed by atoms with van der Waals surface area (Å²) in [7, 11) is 2.90. The van der Waals surface area contributed by atoms with Crippen molar-refractivity contribution in [2.45, 2.75) is 6.10 Å². The lowest BCUT2D eigenvalue weighted by Gasteiger charge is -2.13. The van der Waals surface area contributed by atoms with Gasteiger partial charge in [-0.25, -0.2) is 4.79 Å². The first-order chi connectivity index (χ1) is 7.17. The number of hydrogen-bond donors (Lipinski definition) is 1. The summed E-state index contributed by atoms with van der Waals surface area (Å²) < 4.78 is 10.4. The van der Waals surface area contributed by atoms with Crippen LogP contribution in [0.2, 0.25) is 4.34 Å². The number of carbonyl (C=O) groups excluding carboxylic acids is 1. The zero-order chi connectivity index (χ0) is 11.3. The highest BCUT2D eigenvalue weighted by molar-refractivity contribution is 7.16. The van der Waals surface area contributed by atoms with Gasteiger partial charge in [0.2, 0.25) is 0 Å². The molecule has 4 nitrogen and oxygen atoms in total. The second kappa shape index (κ2) is 5.95. The van der Waals surface area contributed by atoms with Crippen molar-refractivity contribution < 1.29 is 14.3 Å². The maximum Gasteiger partial charge on any atom is 0.406 e. The summed E-state index contributed by atoms with van der Waals surface area (Å²) in [5, 5.41) is 2.57. The van der Waals surface area contributed by atoms with Gasteiger partial charge in [0, 0.05) is 12.0 Å². The quantitative estimate of drug-likeness (QED) is 0.892. The van der Waals surface area contributed by atoms with Crippen molar-refractivity contribution in [1.82, 2.24) is 5.32 Å². The third-order valence-corrected chi connectivity index (χ3v) is 3.14. The van der Waals surface area contributed by atoms with Crippen LogP contribution in [0.5, 0.6) is 0 Å². The summed E-state index contributed by atoms with van der Waals surface area (Å²) in [6.07, 6.45) is -0.665. The standard InChI is InChI=1S/C9H12ClNO3S/c1-13-6(5-11-9(12)14-2)7-3-4-8(10)15-7/h3-4,6H,5H2,1-2H3,(H,11,12). The second-order valence-corrected chi connectivity index (χ2v) is 4.49. The first kappa shape index (κ1) is 12.3. The van der Waals surface area contributed by atoms with E-state index < -0.39 is 6.09 Å². The van der Waals surface area contributed by atoms with E-state index in [2.05, 4.69) is 10.1 Å². The van der Waals surface area contributed by atoms with Gasteiger partial charge in [0.15, 0.2) is 0 Å². The SMILES string of the molecule is COC(=O)NCC(OC)c1ccc(Cl)s1. The number of halogens is 1. The van der Waals surface area contributed by atoms with Gasteiger partial charge in [-0.15, -0.1) is 11.3 Å². The fourth-order valence-electron chi connectivity index (χ4n) is 1.05. The van der Waals surface area contributed by atoms with Gasteiger partial charge in [0.05, 0.1) is 18.0 Å². The Morgan fingerprint density at radius 3 is 2.80 bits per heavy atom. The fourth-order valence-corrected chi connectivity index (χ4v) is 2.19. The molecule has 0 bridgehead atoms. The number of nitrogens with one attached hydrogen (secondary N) is 1. The van der Waals surface area contributed by atoms with E-state index in [4.69, 9.17) is 16.3 Å². The average Bonchev–Trinajstić information content (AvgIpc) is 2.65. The van der Waals surface area contributed by atoms with E-state index >= 15 is 0 Å². The van der Waals surface area contributed by atoms with Crippen LogP contribution in [-0.4, -0.2) is 26.9 Å². The van der Waals surface area contributed by atoms with Crippen LogP contribution in [0.3, 0.4) is 0 Å². The van der Waals surface area contributed by atoms with Crippen LogP contribution < -0.4 is 5.32 Å². The first-order valence-electron chi connectivity index (χ1n) is 4.27. The van der Waals surface area contributed by atoms with Crippen molar-refractivity contribution in [3.8, 4) is 0 Å². The molecule has 1 rings (SSSR count). The minimum absolute atomic E-state index is 0.193.